The number of anilines is 1. The van der Waals surface area contributed by atoms with Gasteiger partial charge in [-0.25, -0.2) is 0 Å². The lowest BCUT2D eigenvalue weighted by Gasteiger charge is -2.30. The Kier molecular flexibility index (Phi) is 5.95. The Bertz CT molecular complexity index is 355. The maximum atomic E-state index is 9.40. The Balaban J connectivity index is 3.00. The van der Waals surface area contributed by atoms with Gasteiger partial charge in [-0.2, -0.15) is 0 Å². The van der Waals surface area contributed by atoms with Crippen LogP contribution in [0.15, 0.2) is 22.7 Å². The van der Waals surface area contributed by atoms with E-state index < -0.39 is 0 Å². The van der Waals surface area contributed by atoms with Crippen molar-refractivity contribution in [2.75, 3.05) is 18.1 Å². The maximum absolute atomic E-state index is 9.40. The fraction of sp³-hybridized carbons (Fsp3) is 0.538. The van der Waals surface area contributed by atoms with Crippen LogP contribution in [0.25, 0.3) is 0 Å². The summed E-state index contributed by atoms with van der Waals surface area (Å²) in [5, 5.41) is 18.3. The Morgan fingerprint density at radius 1 is 1.29 bits per heavy atom. The van der Waals surface area contributed by atoms with Crippen molar-refractivity contribution in [3.05, 3.63) is 28.2 Å². The molecular formula is C13H20BrNO2. The second kappa shape index (κ2) is 6.99. The van der Waals surface area contributed by atoms with E-state index in [1.807, 2.05) is 18.2 Å². The molecule has 0 heterocycles. The molecule has 4 heteroatoms. The van der Waals surface area contributed by atoms with Gasteiger partial charge in [0.05, 0.1) is 6.61 Å². The van der Waals surface area contributed by atoms with Gasteiger partial charge < -0.3 is 15.1 Å². The van der Waals surface area contributed by atoms with Crippen molar-refractivity contribution in [2.45, 2.75) is 32.9 Å². The van der Waals surface area contributed by atoms with Gasteiger partial charge >= 0.3 is 0 Å². The molecule has 96 valence electrons. The highest BCUT2D eigenvalue weighted by Gasteiger charge is 2.13. The second-order valence-corrected chi connectivity index (χ2v) is 5.21. The molecule has 0 bridgehead atoms. The quantitative estimate of drug-likeness (QED) is 0.849. The van der Waals surface area contributed by atoms with Crippen LogP contribution < -0.4 is 4.90 Å². The number of halogens is 1. The minimum Gasteiger partial charge on any atom is -0.396 e. The van der Waals surface area contributed by atoms with E-state index in [2.05, 4.69) is 34.7 Å². The lowest BCUT2D eigenvalue weighted by Crippen LogP contribution is -2.33. The van der Waals surface area contributed by atoms with E-state index in [9.17, 15) is 5.11 Å². The number of aliphatic hydroxyl groups excluding tert-OH is 2. The molecule has 0 saturated carbocycles. The number of rotatable bonds is 6. The van der Waals surface area contributed by atoms with Gasteiger partial charge in [-0.15, -0.1) is 0 Å². The van der Waals surface area contributed by atoms with Crippen molar-refractivity contribution in [3.8, 4) is 0 Å². The average molecular weight is 302 g/mol. The summed E-state index contributed by atoms with van der Waals surface area (Å²) >= 11 is 3.41. The highest BCUT2D eigenvalue weighted by atomic mass is 79.9. The first kappa shape index (κ1) is 14.5. The van der Waals surface area contributed by atoms with E-state index in [0.717, 1.165) is 28.7 Å². The standard InChI is InChI=1S/C13H20BrNO2/c1-10(2)15(6-3-7-16)13-5-4-12(14)8-11(13)9-17/h4-5,8,10,16-17H,3,6-7,9H2,1-2H3. The fourth-order valence-electron chi connectivity index (χ4n) is 1.86. The predicted molar refractivity (Wildman–Crippen MR) is 74.2 cm³/mol. The first-order valence-electron chi connectivity index (χ1n) is 5.87. The SMILES string of the molecule is CC(C)N(CCCO)c1ccc(Br)cc1CO. The van der Waals surface area contributed by atoms with Crippen molar-refractivity contribution in [3.63, 3.8) is 0 Å². The van der Waals surface area contributed by atoms with Gasteiger partial charge in [0.15, 0.2) is 0 Å². The van der Waals surface area contributed by atoms with Crippen LogP contribution in [-0.2, 0) is 6.61 Å². The van der Waals surface area contributed by atoms with Crippen LogP contribution >= 0.6 is 15.9 Å². The molecule has 2 N–H and O–H groups in total. The molecule has 0 amide bonds. The summed E-state index contributed by atoms with van der Waals surface area (Å²) in [6.45, 7) is 5.23. The predicted octanol–water partition coefficient (Wildman–Crippen LogP) is 2.54. The molecule has 1 aromatic carbocycles. The average Bonchev–Trinajstić information content (AvgIpc) is 2.30. The zero-order chi connectivity index (χ0) is 12.8. The molecule has 1 rings (SSSR count). The third-order valence-electron chi connectivity index (χ3n) is 2.70. The molecule has 0 unspecified atom stereocenters. The molecular weight excluding hydrogens is 282 g/mol. The van der Waals surface area contributed by atoms with E-state index in [-0.39, 0.29) is 13.2 Å². The number of hydrogen-bond acceptors (Lipinski definition) is 3. The molecule has 0 aliphatic carbocycles. The monoisotopic (exact) mass is 301 g/mol. The fourth-order valence-corrected chi connectivity index (χ4v) is 2.27. The van der Waals surface area contributed by atoms with E-state index in [1.54, 1.807) is 0 Å². The summed E-state index contributed by atoms with van der Waals surface area (Å²) in [7, 11) is 0. The molecule has 0 aliphatic rings. The van der Waals surface area contributed by atoms with Gasteiger partial charge in [0, 0.05) is 34.9 Å². The number of benzene rings is 1. The van der Waals surface area contributed by atoms with Gasteiger partial charge in [0.1, 0.15) is 0 Å². The molecule has 0 aliphatic heterocycles. The van der Waals surface area contributed by atoms with Gasteiger partial charge in [-0.05, 0) is 38.5 Å². The van der Waals surface area contributed by atoms with Crippen LogP contribution in [0, 0.1) is 0 Å². The minimum absolute atomic E-state index is 0.0249. The number of aliphatic hydroxyl groups is 2. The Morgan fingerprint density at radius 3 is 2.53 bits per heavy atom. The molecule has 17 heavy (non-hydrogen) atoms. The third-order valence-corrected chi connectivity index (χ3v) is 3.20. The molecule has 0 spiro atoms. The van der Waals surface area contributed by atoms with E-state index in [1.165, 1.54) is 0 Å². The summed E-state index contributed by atoms with van der Waals surface area (Å²) in [6.07, 6.45) is 0.735. The minimum atomic E-state index is 0.0249. The normalized spacial score (nSPS) is 10.9. The van der Waals surface area contributed by atoms with E-state index in [4.69, 9.17) is 5.11 Å². The topological polar surface area (TPSA) is 43.7 Å². The highest BCUT2D eigenvalue weighted by Crippen LogP contribution is 2.26. The molecule has 0 fully saturated rings. The van der Waals surface area contributed by atoms with Gasteiger partial charge in [-0.1, -0.05) is 15.9 Å². The van der Waals surface area contributed by atoms with Gasteiger partial charge in [0.25, 0.3) is 0 Å². The highest BCUT2D eigenvalue weighted by molar-refractivity contribution is 9.10. The van der Waals surface area contributed by atoms with Crippen molar-refractivity contribution < 1.29 is 10.2 Å². The van der Waals surface area contributed by atoms with E-state index in [0.29, 0.717) is 6.04 Å². The van der Waals surface area contributed by atoms with Crippen LogP contribution in [0.5, 0.6) is 0 Å². The summed E-state index contributed by atoms with van der Waals surface area (Å²) in [5.74, 6) is 0. The van der Waals surface area contributed by atoms with Gasteiger partial charge in [0.2, 0.25) is 0 Å². The molecule has 0 saturated heterocycles. The zero-order valence-electron chi connectivity index (χ0n) is 10.4. The first-order valence-corrected chi connectivity index (χ1v) is 6.66. The van der Waals surface area contributed by atoms with Crippen LogP contribution in [-0.4, -0.2) is 29.4 Å². The Labute approximate surface area is 111 Å². The number of nitrogens with zero attached hydrogens (tertiary/aromatic N) is 1. The summed E-state index contributed by atoms with van der Waals surface area (Å²) in [6, 6.07) is 6.26. The molecule has 1 aromatic rings. The maximum Gasteiger partial charge on any atom is 0.0702 e. The smallest absolute Gasteiger partial charge is 0.0702 e. The Morgan fingerprint density at radius 2 is 2.00 bits per heavy atom. The van der Waals surface area contributed by atoms with Crippen molar-refractivity contribution in [2.24, 2.45) is 0 Å². The van der Waals surface area contributed by atoms with Crippen LogP contribution in [0.4, 0.5) is 5.69 Å². The molecule has 0 radical (unpaired) electrons. The van der Waals surface area contributed by atoms with E-state index >= 15 is 0 Å². The van der Waals surface area contributed by atoms with Gasteiger partial charge in [-0.3, -0.25) is 0 Å². The first-order chi connectivity index (χ1) is 8.10. The largest absolute Gasteiger partial charge is 0.396 e. The lowest BCUT2D eigenvalue weighted by atomic mass is 10.1. The summed E-state index contributed by atoms with van der Waals surface area (Å²) in [4.78, 5) is 2.20. The van der Waals surface area contributed by atoms with Crippen molar-refractivity contribution >= 4 is 21.6 Å². The number of hydrogen-bond donors (Lipinski definition) is 2. The van der Waals surface area contributed by atoms with Crippen molar-refractivity contribution in [1.82, 2.24) is 0 Å². The van der Waals surface area contributed by atoms with Crippen LogP contribution in [0.2, 0.25) is 0 Å². The van der Waals surface area contributed by atoms with Crippen LogP contribution in [0.1, 0.15) is 25.8 Å². The summed E-state index contributed by atoms with van der Waals surface area (Å²) in [5.41, 5.74) is 1.95. The third kappa shape index (κ3) is 3.98. The molecule has 0 atom stereocenters. The lowest BCUT2D eigenvalue weighted by molar-refractivity contribution is 0.280. The van der Waals surface area contributed by atoms with Crippen molar-refractivity contribution in [1.29, 1.82) is 0 Å². The summed E-state index contributed by atoms with van der Waals surface area (Å²) < 4.78 is 0.969. The molecule has 0 aromatic heterocycles. The Hall–Kier alpha value is -0.580. The molecule has 3 nitrogen and oxygen atoms in total. The zero-order valence-corrected chi connectivity index (χ0v) is 11.9. The van der Waals surface area contributed by atoms with Crippen LogP contribution in [0.3, 0.4) is 0 Å². The second-order valence-electron chi connectivity index (χ2n) is 4.30.